The highest BCUT2D eigenvalue weighted by molar-refractivity contribution is 7.99. The van der Waals surface area contributed by atoms with E-state index < -0.39 is 0 Å². The molecule has 4 nitrogen and oxygen atoms in total. The number of hydrogen-bond acceptors (Lipinski definition) is 5. The van der Waals surface area contributed by atoms with Gasteiger partial charge in [-0.15, -0.1) is 0 Å². The van der Waals surface area contributed by atoms with Crippen LogP contribution in [0.5, 0.6) is 0 Å². The highest BCUT2D eigenvalue weighted by atomic mass is 32.2. The second kappa shape index (κ2) is 7.75. The number of rotatable bonds is 5. The van der Waals surface area contributed by atoms with Gasteiger partial charge in [0, 0.05) is 48.9 Å². The minimum absolute atomic E-state index is 0.336. The maximum atomic E-state index is 6.27. The van der Waals surface area contributed by atoms with Gasteiger partial charge >= 0.3 is 0 Å². The molecular weight excluding hydrogens is 294 g/mol. The van der Waals surface area contributed by atoms with Crippen molar-refractivity contribution >= 4 is 11.8 Å². The molecule has 0 radical (unpaired) electrons. The second-order valence-corrected chi connectivity index (χ2v) is 7.55. The van der Waals surface area contributed by atoms with E-state index >= 15 is 0 Å². The summed E-state index contributed by atoms with van der Waals surface area (Å²) in [7, 11) is 0. The number of aryl methyl sites for hydroxylation is 2. The van der Waals surface area contributed by atoms with E-state index in [1.54, 1.807) is 0 Å². The van der Waals surface area contributed by atoms with Crippen LogP contribution in [0.4, 0.5) is 0 Å². The van der Waals surface area contributed by atoms with E-state index in [1.165, 1.54) is 31.0 Å². The van der Waals surface area contributed by atoms with Gasteiger partial charge in [-0.3, -0.25) is 4.90 Å². The Labute approximate surface area is 138 Å². The Morgan fingerprint density at radius 3 is 2.68 bits per heavy atom. The zero-order valence-electron chi connectivity index (χ0n) is 13.8. The topological polar surface area (TPSA) is 38.2 Å². The van der Waals surface area contributed by atoms with Gasteiger partial charge in [-0.05, 0) is 32.3 Å². The molecule has 2 fully saturated rings. The Morgan fingerprint density at radius 2 is 1.91 bits per heavy atom. The Hall–Kier alpha value is -0.650. The number of ether oxygens (including phenoxy) is 1. The fraction of sp³-hybridized carbons (Fsp3) is 0.765. The lowest BCUT2D eigenvalue weighted by Gasteiger charge is -2.28. The molecule has 0 aliphatic carbocycles. The summed E-state index contributed by atoms with van der Waals surface area (Å²) < 4.78 is 6.27. The molecule has 1 aromatic rings. The van der Waals surface area contributed by atoms with E-state index in [9.17, 15) is 0 Å². The Balaban J connectivity index is 1.51. The smallest absolute Gasteiger partial charge is 0.125 e. The van der Waals surface area contributed by atoms with Crippen molar-refractivity contribution in [3.63, 3.8) is 0 Å². The van der Waals surface area contributed by atoms with Crippen LogP contribution in [0.3, 0.4) is 0 Å². The molecule has 0 amide bonds. The molecule has 0 unspecified atom stereocenters. The standard InChI is InChI=1S/C17H27N3OS/c1-3-14-10-15(19-13(2)18-14)11-16-4-5-17(21-16)12-20-6-8-22-9-7-20/h10,16-17H,3-9,11-12H2,1-2H3/t16-,17+/m0/s1. The van der Waals surface area contributed by atoms with E-state index in [2.05, 4.69) is 39.6 Å². The molecule has 22 heavy (non-hydrogen) atoms. The first-order valence-corrected chi connectivity index (χ1v) is 9.67. The van der Waals surface area contributed by atoms with Crippen molar-refractivity contribution in [1.29, 1.82) is 0 Å². The summed E-state index contributed by atoms with van der Waals surface area (Å²) in [6, 6.07) is 2.14. The summed E-state index contributed by atoms with van der Waals surface area (Å²) in [5, 5.41) is 0. The van der Waals surface area contributed by atoms with Crippen LogP contribution < -0.4 is 0 Å². The number of thioether (sulfide) groups is 1. The maximum Gasteiger partial charge on any atom is 0.125 e. The summed E-state index contributed by atoms with van der Waals surface area (Å²) in [5.74, 6) is 3.43. The monoisotopic (exact) mass is 321 g/mol. The van der Waals surface area contributed by atoms with Crippen LogP contribution in [0, 0.1) is 6.92 Å². The zero-order chi connectivity index (χ0) is 15.4. The molecule has 3 heterocycles. The highest BCUT2D eigenvalue weighted by Gasteiger charge is 2.27. The summed E-state index contributed by atoms with van der Waals surface area (Å²) in [6.45, 7) is 7.68. The van der Waals surface area contributed by atoms with E-state index in [-0.39, 0.29) is 0 Å². The molecule has 0 bridgehead atoms. The Bertz CT molecular complexity index is 491. The van der Waals surface area contributed by atoms with Crippen LogP contribution in [0.25, 0.3) is 0 Å². The van der Waals surface area contributed by atoms with E-state index in [1.807, 2.05) is 6.92 Å². The van der Waals surface area contributed by atoms with Crippen LogP contribution in [0.2, 0.25) is 0 Å². The predicted molar refractivity (Wildman–Crippen MR) is 91.5 cm³/mol. The highest BCUT2D eigenvalue weighted by Crippen LogP contribution is 2.24. The SMILES string of the molecule is CCc1cc(C[C@@H]2CC[C@H](CN3CCSCC3)O2)nc(C)n1. The lowest BCUT2D eigenvalue weighted by atomic mass is 10.1. The van der Waals surface area contributed by atoms with Crippen molar-refractivity contribution in [2.45, 2.75) is 51.7 Å². The molecule has 5 heteroatoms. The lowest BCUT2D eigenvalue weighted by molar-refractivity contribution is 0.0247. The Kier molecular flexibility index (Phi) is 5.71. The molecule has 0 saturated carbocycles. The molecule has 2 saturated heterocycles. The first-order chi connectivity index (χ1) is 10.7. The van der Waals surface area contributed by atoms with E-state index in [4.69, 9.17) is 4.74 Å². The third kappa shape index (κ3) is 4.43. The van der Waals surface area contributed by atoms with E-state index in [0.29, 0.717) is 12.2 Å². The number of hydrogen-bond donors (Lipinski definition) is 0. The maximum absolute atomic E-state index is 6.27. The predicted octanol–water partition coefficient (Wildman–Crippen LogP) is 2.49. The minimum Gasteiger partial charge on any atom is -0.373 e. The van der Waals surface area contributed by atoms with E-state index in [0.717, 1.165) is 43.0 Å². The van der Waals surface area contributed by atoms with Gasteiger partial charge in [0.2, 0.25) is 0 Å². The van der Waals surface area contributed by atoms with Crippen molar-refractivity contribution in [3.05, 3.63) is 23.3 Å². The molecule has 0 spiro atoms. The molecule has 1 aromatic heterocycles. The van der Waals surface area contributed by atoms with Crippen LogP contribution in [0.15, 0.2) is 6.07 Å². The molecule has 2 aliphatic rings. The van der Waals surface area contributed by atoms with Crippen LogP contribution in [0.1, 0.15) is 37.0 Å². The van der Waals surface area contributed by atoms with Crippen LogP contribution in [-0.2, 0) is 17.6 Å². The first-order valence-electron chi connectivity index (χ1n) is 8.52. The quantitative estimate of drug-likeness (QED) is 0.833. The van der Waals surface area contributed by atoms with Gasteiger partial charge in [-0.2, -0.15) is 11.8 Å². The van der Waals surface area contributed by atoms with Gasteiger partial charge in [-0.1, -0.05) is 6.92 Å². The largest absolute Gasteiger partial charge is 0.373 e. The molecule has 3 rings (SSSR count). The van der Waals surface area contributed by atoms with Crippen LogP contribution in [-0.4, -0.2) is 58.2 Å². The van der Waals surface area contributed by atoms with Crippen molar-refractivity contribution in [2.75, 3.05) is 31.1 Å². The lowest BCUT2D eigenvalue weighted by Crippen LogP contribution is -2.38. The normalized spacial score (nSPS) is 26.5. The van der Waals surface area contributed by atoms with Crippen molar-refractivity contribution in [1.82, 2.24) is 14.9 Å². The molecule has 2 aliphatic heterocycles. The summed E-state index contributed by atoms with van der Waals surface area (Å²) in [6.07, 6.45) is 5.02. The summed E-state index contributed by atoms with van der Waals surface area (Å²) in [4.78, 5) is 11.6. The minimum atomic E-state index is 0.336. The molecular formula is C17H27N3OS. The zero-order valence-corrected chi connectivity index (χ0v) is 14.6. The van der Waals surface area contributed by atoms with Gasteiger partial charge < -0.3 is 4.74 Å². The average Bonchev–Trinajstić information content (AvgIpc) is 2.94. The first kappa shape index (κ1) is 16.2. The molecule has 2 atom stereocenters. The van der Waals surface area contributed by atoms with Gasteiger partial charge in [-0.25, -0.2) is 9.97 Å². The third-order valence-corrected chi connectivity index (χ3v) is 5.45. The fourth-order valence-electron chi connectivity index (χ4n) is 3.35. The number of aromatic nitrogens is 2. The van der Waals surface area contributed by atoms with Crippen molar-refractivity contribution in [2.24, 2.45) is 0 Å². The van der Waals surface area contributed by atoms with Crippen molar-refractivity contribution in [3.8, 4) is 0 Å². The average molecular weight is 321 g/mol. The molecule has 0 N–H and O–H groups in total. The fourth-order valence-corrected chi connectivity index (χ4v) is 4.33. The van der Waals surface area contributed by atoms with Crippen LogP contribution >= 0.6 is 11.8 Å². The third-order valence-electron chi connectivity index (χ3n) is 4.50. The van der Waals surface area contributed by atoms with Gasteiger partial charge in [0.1, 0.15) is 5.82 Å². The van der Waals surface area contributed by atoms with Gasteiger partial charge in [0.05, 0.1) is 12.2 Å². The second-order valence-electron chi connectivity index (χ2n) is 6.33. The molecule has 122 valence electrons. The summed E-state index contributed by atoms with van der Waals surface area (Å²) >= 11 is 2.07. The van der Waals surface area contributed by atoms with Gasteiger partial charge in [0.25, 0.3) is 0 Å². The molecule has 0 aromatic carbocycles. The van der Waals surface area contributed by atoms with Crippen molar-refractivity contribution < 1.29 is 4.74 Å². The van der Waals surface area contributed by atoms with Gasteiger partial charge in [0.15, 0.2) is 0 Å². The Morgan fingerprint density at radius 1 is 1.18 bits per heavy atom. The summed E-state index contributed by atoms with van der Waals surface area (Å²) in [5.41, 5.74) is 2.28. The number of nitrogens with zero attached hydrogens (tertiary/aromatic N) is 3.